The molecule has 2 atom stereocenters. The molecule has 0 aliphatic carbocycles. The van der Waals surface area contributed by atoms with Gasteiger partial charge in [0, 0.05) is 12.8 Å². The van der Waals surface area contributed by atoms with Gasteiger partial charge in [0.25, 0.3) is 0 Å². The number of nitrogens with zero attached hydrogens (tertiary/aromatic N) is 1. The zero-order valence-corrected chi connectivity index (χ0v) is 17.3. The van der Waals surface area contributed by atoms with Gasteiger partial charge >= 0.3 is 19.8 Å². The molecule has 0 saturated heterocycles. The first-order valence-corrected chi connectivity index (χ1v) is 10.3. The van der Waals surface area contributed by atoms with Crippen LogP contribution in [-0.4, -0.2) is 74.9 Å². The predicted octanol–water partition coefficient (Wildman–Crippen LogP) is 1.88. The second kappa shape index (κ2) is 12.4. The van der Waals surface area contributed by atoms with Gasteiger partial charge in [0.05, 0.1) is 27.7 Å². The van der Waals surface area contributed by atoms with E-state index in [4.69, 9.17) is 18.5 Å². The summed E-state index contributed by atoms with van der Waals surface area (Å²) in [4.78, 5) is 32.8. The largest absolute Gasteiger partial charge is 0.472 e. The maximum Gasteiger partial charge on any atom is 0.472 e. The lowest BCUT2D eigenvalue weighted by molar-refractivity contribution is -0.870. The lowest BCUT2D eigenvalue weighted by Gasteiger charge is -2.24. The molecule has 0 aliphatic rings. The van der Waals surface area contributed by atoms with E-state index >= 15 is 0 Å². The lowest BCUT2D eigenvalue weighted by Crippen LogP contribution is -2.37. The van der Waals surface area contributed by atoms with Crippen LogP contribution in [0.4, 0.5) is 0 Å². The molecule has 154 valence electrons. The van der Waals surface area contributed by atoms with Crippen molar-refractivity contribution in [2.75, 3.05) is 47.5 Å². The van der Waals surface area contributed by atoms with Crippen molar-refractivity contribution in [2.45, 2.75) is 45.6 Å². The Morgan fingerprint density at radius 3 is 2.12 bits per heavy atom. The van der Waals surface area contributed by atoms with E-state index in [0.29, 0.717) is 23.9 Å². The van der Waals surface area contributed by atoms with Crippen LogP contribution in [0.3, 0.4) is 0 Å². The number of rotatable bonds is 14. The number of likely N-dealkylation sites (N-methyl/N-ethyl adjacent to an activating group) is 1. The van der Waals surface area contributed by atoms with Gasteiger partial charge in [-0.15, -0.1) is 0 Å². The highest BCUT2D eigenvalue weighted by Gasteiger charge is 2.26. The maximum absolute atomic E-state index is 11.9. The fourth-order valence-corrected chi connectivity index (χ4v) is 2.41. The zero-order chi connectivity index (χ0) is 20.2. The van der Waals surface area contributed by atoms with Crippen LogP contribution in [0.5, 0.6) is 0 Å². The number of carbonyl (C=O) groups is 2. The van der Waals surface area contributed by atoms with Crippen molar-refractivity contribution < 1.29 is 42.1 Å². The van der Waals surface area contributed by atoms with Gasteiger partial charge in [-0.25, -0.2) is 4.57 Å². The fourth-order valence-electron chi connectivity index (χ4n) is 1.67. The number of esters is 2. The summed E-state index contributed by atoms with van der Waals surface area (Å²) in [5.41, 5.74) is 0. The summed E-state index contributed by atoms with van der Waals surface area (Å²) in [7, 11) is 1.46. The SMILES string of the molecule is CCCC(=O)OC[C@H](COP(=O)(O)OCC[N+](C)(C)C)OC(=O)CCC. The molecule has 26 heavy (non-hydrogen) atoms. The van der Waals surface area contributed by atoms with Crippen LogP contribution in [0.25, 0.3) is 0 Å². The van der Waals surface area contributed by atoms with E-state index in [1.165, 1.54) is 0 Å². The van der Waals surface area contributed by atoms with Crippen LogP contribution in [0, 0.1) is 0 Å². The minimum absolute atomic E-state index is 0.0308. The van der Waals surface area contributed by atoms with Crippen molar-refractivity contribution >= 4 is 19.8 Å². The Kier molecular flexibility index (Phi) is 11.9. The average molecular weight is 398 g/mol. The molecule has 1 N–H and O–H groups in total. The van der Waals surface area contributed by atoms with E-state index in [0.717, 1.165) is 0 Å². The Morgan fingerprint density at radius 1 is 1.00 bits per heavy atom. The molecule has 0 aromatic rings. The number of hydrogen-bond donors (Lipinski definition) is 1. The van der Waals surface area contributed by atoms with Crippen LogP contribution in [0.15, 0.2) is 0 Å². The van der Waals surface area contributed by atoms with E-state index in [2.05, 4.69) is 0 Å². The van der Waals surface area contributed by atoms with Crippen LogP contribution < -0.4 is 0 Å². The Labute approximate surface area is 155 Å². The normalized spacial score (nSPS) is 15.2. The van der Waals surface area contributed by atoms with Gasteiger partial charge < -0.3 is 18.9 Å². The van der Waals surface area contributed by atoms with Crippen molar-refractivity contribution in [3.05, 3.63) is 0 Å². The van der Waals surface area contributed by atoms with Crippen LogP contribution in [0.2, 0.25) is 0 Å². The molecule has 0 amide bonds. The van der Waals surface area contributed by atoms with Crippen LogP contribution in [0.1, 0.15) is 39.5 Å². The van der Waals surface area contributed by atoms with E-state index in [9.17, 15) is 19.0 Å². The van der Waals surface area contributed by atoms with E-state index in [1.807, 2.05) is 35.0 Å². The van der Waals surface area contributed by atoms with Crippen LogP contribution in [-0.2, 0) is 32.7 Å². The minimum atomic E-state index is -4.29. The number of phosphoric acid groups is 1. The standard InChI is InChI=1S/C16H32NO8P/c1-6-8-15(18)22-12-14(25-16(19)9-7-2)13-24-26(20,21)23-11-10-17(3,4)5/h14H,6-13H2,1-5H3/p+1/t14-/m1/s1. The molecular weight excluding hydrogens is 365 g/mol. The second-order valence-corrected chi connectivity index (χ2v) is 8.36. The molecule has 10 heteroatoms. The Bertz CT molecular complexity index is 477. The number of ether oxygens (including phenoxy) is 2. The summed E-state index contributed by atoms with van der Waals surface area (Å²) in [5.74, 6) is -0.929. The third kappa shape index (κ3) is 14.2. The highest BCUT2D eigenvalue weighted by molar-refractivity contribution is 7.47. The van der Waals surface area contributed by atoms with E-state index in [-0.39, 0.29) is 26.1 Å². The van der Waals surface area contributed by atoms with Gasteiger partial charge in [0.15, 0.2) is 6.10 Å². The molecule has 0 spiro atoms. The zero-order valence-electron chi connectivity index (χ0n) is 16.4. The fraction of sp³-hybridized carbons (Fsp3) is 0.875. The Morgan fingerprint density at radius 2 is 1.58 bits per heavy atom. The molecule has 0 bridgehead atoms. The van der Waals surface area contributed by atoms with Gasteiger partial charge in [-0.3, -0.25) is 18.6 Å². The molecule has 0 rings (SSSR count). The first-order valence-electron chi connectivity index (χ1n) is 8.76. The molecule has 0 heterocycles. The van der Waals surface area contributed by atoms with Crippen molar-refractivity contribution in [3.8, 4) is 0 Å². The van der Waals surface area contributed by atoms with Crippen molar-refractivity contribution in [2.24, 2.45) is 0 Å². The first kappa shape index (κ1) is 25.0. The monoisotopic (exact) mass is 398 g/mol. The summed E-state index contributed by atoms with van der Waals surface area (Å²) >= 11 is 0. The highest BCUT2D eigenvalue weighted by Crippen LogP contribution is 2.43. The topological polar surface area (TPSA) is 108 Å². The predicted molar refractivity (Wildman–Crippen MR) is 95.3 cm³/mol. The molecule has 9 nitrogen and oxygen atoms in total. The van der Waals surface area contributed by atoms with Crippen molar-refractivity contribution in [1.29, 1.82) is 0 Å². The summed E-state index contributed by atoms with van der Waals surface area (Å²) in [6.45, 7) is 3.54. The van der Waals surface area contributed by atoms with Crippen molar-refractivity contribution in [1.82, 2.24) is 0 Å². The third-order valence-corrected chi connectivity index (χ3v) is 4.06. The summed E-state index contributed by atoms with van der Waals surface area (Å²) in [6, 6.07) is 0. The lowest BCUT2D eigenvalue weighted by atomic mass is 10.3. The van der Waals surface area contributed by atoms with Gasteiger partial charge in [0.2, 0.25) is 0 Å². The first-order chi connectivity index (χ1) is 12.0. The molecule has 0 aliphatic heterocycles. The molecule has 0 fully saturated rings. The van der Waals surface area contributed by atoms with E-state index < -0.39 is 32.5 Å². The van der Waals surface area contributed by atoms with Gasteiger partial charge in [-0.2, -0.15) is 0 Å². The van der Waals surface area contributed by atoms with Gasteiger partial charge in [-0.1, -0.05) is 13.8 Å². The van der Waals surface area contributed by atoms with Crippen LogP contribution >= 0.6 is 7.82 Å². The minimum Gasteiger partial charge on any atom is -0.462 e. The molecule has 1 unspecified atom stereocenters. The smallest absolute Gasteiger partial charge is 0.462 e. The average Bonchev–Trinajstić information content (AvgIpc) is 2.49. The quantitative estimate of drug-likeness (QED) is 0.268. The number of quaternary nitrogens is 1. The summed E-state index contributed by atoms with van der Waals surface area (Å²) < 4.78 is 32.4. The third-order valence-electron chi connectivity index (χ3n) is 3.08. The van der Waals surface area contributed by atoms with Gasteiger partial charge in [-0.05, 0) is 12.8 Å². The molecule has 0 aromatic carbocycles. The Hall–Kier alpha value is -0.990. The van der Waals surface area contributed by atoms with E-state index in [1.54, 1.807) is 0 Å². The highest BCUT2D eigenvalue weighted by atomic mass is 31.2. The molecule has 0 aromatic heterocycles. The summed E-state index contributed by atoms with van der Waals surface area (Å²) in [5, 5.41) is 0. The number of phosphoric ester groups is 1. The number of carbonyl (C=O) groups excluding carboxylic acids is 2. The molecule has 0 radical (unpaired) electrons. The maximum atomic E-state index is 11.9. The van der Waals surface area contributed by atoms with Crippen molar-refractivity contribution in [3.63, 3.8) is 0 Å². The second-order valence-electron chi connectivity index (χ2n) is 6.91. The molecule has 0 saturated carbocycles. The van der Waals surface area contributed by atoms with Gasteiger partial charge in [0.1, 0.15) is 19.8 Å². The summed E-state index contributed by atoms with van der Waals surface area (Å²) in [6.07, 6.45) is 0.674. The number of hydrogen-bond acceptors (Lipinski definition) is 7. The Balaban J connectivity index is 4.55. The molecular formula is C16H33NO8P+.